The molecule has 0 unspecified atom stereocenters. The highest BCUT2D eigenvalue weighted by Crippen LogP contribution is 2.42. The number of nitrogens with two attached hydrogens (primary N) is 1. The first-order chi connectivity index (χ1) is 7.63. The summed E-state index contributed by atoms with van der Waals surface area (Å²) in [7, 11) is 1.40. The molecule has 1 aromatic carbocycles. The van der Waals surface area contributed by atoms with Crippen molar-refractivity contribution in [3.8, 4) is 11.5 Å². The van der Waals surface area contributed by atoms with Gasteiger partial charge in [-0.25, -0.2) is 4.39 Å². The first-order valence-corrected chi connectivity index (χ1v) is 5.45. The molecule has 1 aliphatic rings. The van der Waals surface area contributed by atoms with E-state index in [1.165, 1.54) is 13.2 Å². The summed E-state index contributed by atoms with van der Waals surface area (Å²) in [5.41, 5.74) is 6.46. The van der Waals surface area contributed by atoms with Gasteiger partial charge in [0.2, 0.25) is 0 Å². The molecule has 0 aromatic heterocycles. The van der Waals surface area contributed by atoms with Crippen LogP contribution < -0.4 is 10.5 Å². The Balaban J connectivity index is 0.00000144. The number of phenolic OH excluding ortho intramolecular Hbond substituents is 1. The van der Waals surface area contributed by atoms with Crippen molar-refractivity contribution in [2.75, 3.05) is 7.11 Å². The number of rotatable bonds is 3. The van der Waals surface area contributed by atoms with Gasteiger partial charge < -0.3 is 15.6 Å². The molecular weight excluding hydrogens is 245 g/mol. The first-order valence-electron chi connectivity index (χ1n) is 5.45. The van der Waals surface area contributed by atoms with Gasteiger partial charge in [0.05, 0.1) is 7.11 Å². The number of hydrogen-bond donors (Lipinski definition) is 2. The summed E-state index contributed by atoms with van der Waals surface area (Å²) in [5.74, 6) is 0.0184. The fourth-order valence-corrected chi connectivity index (χ4v) is 2.06. The Bertz CT molecular complexity index is 396. The summed E-state index contributed by atoms with van der Waals surface area (Å²) in [6.45, 7) is 0. The van der Waals surface area contributed by atoms with Crippen LogP contribution in [0.4, 0.5) is 4.39 Å². The minimum Gasteiger partial charge on any atom is -0.504 e. The van der Waals surface area contributed by atoms with Crippen molar-refractivity contribution in [3.05, 3.63) is 23.5 Å². The fraction of sp³-hybridized carbons (Fsp3) is 0.500. The maximum absolute atomic E-state index is 13.3. The number of aromatic hydroxyl groups is 1. The molecule has 96 valence electrons. The number of methoxy groups -OCH3 is 1. The lowest BCUT2D eigenvalue weighted by Crippen LogP contribution is -2.27. The molecule has 1 saturated carbocycles. The van der Waals surface area contributed by atoms with Gasteiger partial charge in [0.25, 0.3) is 0 Å². The van der Waals surface area contributed by atoms with Gasteiger partial charge in [0, 0.05) is 17.7 Å². The average molecular weight is 262 g/mol. The Morgan fingerprint density at radius 1 is 1.47 bits per heavy atom. The number of hydrogen-bond acceptors (Lipinski definition) is 3. The fourth-order valence-electron chi connectivity index (χ4n) is 2.06. The van der Waals surface area contributed by atoms with Crippen molar-refractivity contribution in [1.29, 1.82) is 0 Å². The van der Waals surface area contributed by atoms with E-state index in [4.69, 9.17) is 10.5 Å². The smallest absolute Gasteiger partial charge is 0.163 e. The third-order valence-electron chi connectivity index (χ3n) is 3.31. The normalized spacial score (nSPS) is 16.9. The van der Waals surface area contributed by atoms with Crippen molar-refractivity contribution < 1.29 is 14.2 Å². The van der Waals surface area contributed by atoms with E-state index in [-0.39, 0.29) is 29.9 Å². The van der Waals surface area contributed by atoms with E-state index in [0.29, 0.717) is 11.5 Å². The molecule has 1 aliphatic carbocycles. The monoisotopic (exact) mass is 261 g/mol. The van der Waals surface area contributed by atoms with Crippen molar-refractivity contribution in [1.82, 2.24) is 0 Å². The van der Waals surface area contributed by atoms with Crippen LogP contribution in [-0.2, 0) is 0 Å². The van der Waals surface area contributed by atoms with Gasteiger partial charge in [-0.1, -0.05) is 6.42 Å². The van der Waals surface area contributed by atoms with Crippen LogP contribution in [0.3, 0.4) is 0 Å². The molecule has 3 nitrogen and oxygen atoms in total. The van der Waals surface area contributed by atoms with E-state index in [1.807, 2.05) is 0 Å². The molecule has 3 N–H and O–H groups in total. The quantitative estimate of drug-likeness (QED) is 0.880. The Morgan fingerprint density at radius 3 is 2.59 bits per heavy atom. The van der Waals surface area contributed by atoms with E-state index in [2.05, 4.69) is 0 Å². The highest BCUT2D eigenvalue weighted by molar-refractivity contribution is 5.85. The largest absolute Gasteiger partial charge is 0.504 e. The van der Waals surface area contributed by atoms with Crippen LogP contribution in [0.1, 0.15) is 30.9 Å². The SMILES string of the molecule is COc1cc(F)cc([C@H](N)C2CCC2)c1O.Cl. The van der Waals surface area contributed by atoms with Crippen molar-refractivity contribution >= 4 is 12.4 Å². The van der Waals surface area contributed by atoms with Gasteiger partial charge in [-0.15, -0.1) is 12.4 Å². The molecule has 0 aliphatic heterocycles. The first kappa shape index (κ1) is 14.1. The molecule has 2 rings (SSSR count). The molecule has 0 saturated heterocycles. The Kier molecular flexibility index (Phi) is 4.60. The van der Waals surface area contributed by atoms with Crippen molar-refractivity contribution in [2.45, 2.75) is 25.3 Å². The van der Waals surface area contributed by atoms with Crippen molar-refractivity contribution in [2.24, 2.45) is 11.7 Å². The summed E-state index contributed by atoms with van der Waals surface area (Å²) >= 11 is 0. The highest BCUT2D eigenvalue weighted by atomic mass is 35.5. The summed E-state index contributed by atoms with van der Waals surface area (Å²) in [6.07, 6.45) is 3.24. The highest BCUT2D eigenvalue weighted by Gasteiger charge is 2.28. The third-order valence-corrected chi connectivity index (χ3v) is 3.31. The molecule has 1 fully saturated rings. The van der Waals surface area contributed by atoms with Crippen LogP contribution in [0.15, 0.2) is 12.1 Å². The molecule has 1 atom stereocenters. The van der Waals surface area contributed by atoms with Gasteiger partial charge in [-0.3, -0.25) is 0 Å². The zero-order valence-corrected chi connectivity index (χ0v) is 10.5. The van der Waals surface area contributed by atoms with Gasteiger partial charge in [-0.2, -0.15) is 0 Å². The lowest BCUT2D eigenvalue weighted by molar-refractivity contribution is 0.258. The molecule has 0 spiro atoms. The van der Waals surface area contributed by atoms with E-state index >= 15 is 0 Å². The second kappa shape index (κ2) is 5.56. The maximum atomic E-state index is 13.3. The van der Waals surface area contributed by atoms with Gasteiger partial charge in [0.1, 0.15) is 5.82 Å². The number of ether oxygens (including phenoxy) is 1. The minimum absolute atomic E-state index is 0. The zero-order chi connectivity index (χ0) is 11.7. The van der Waals surface area contributed by atoms with E-state index in [0.717, 1.165) is 25.3 Å². The second-order valence-electron chi connectivity index (χ2n) is 4.26. The summed E-state index contributed by atoms with van der Waals surface area (Å²) in [4.78, 5) is 0. The van der Waals surface area contributed by atoms with Crippen LogP contribution >= 0.6 is 12.4 Å². The molecule has 0 amide bonds. The summed E-state index contributed by atoms with van der Waals surface area (Å²) < 4.78 is 18.2. The van der Waals surface area contributed by atoms with Crippen LogP contribution in [0.5, 0.6) is 11.5 Å². The predicted octanol–water partition coefficient (Wildman–Crippen LogP) is 2.76. The lowest BCUT2D eigenvalue weighted by atomic mass is 9.77. The summed E-state index contributed by atoms with van der Waals surface area (Å²) in [5, 5.41) is 9.88. The van der Waals surface area contributed by atoms with Gasteiger partial charge in [0.15, 0.2) is 11.5 Å². The van der Waals surface area contributed by atoms with E-state index in [1.54, 1.807) is 0 Å². The van der Waals surface area contributed by atoms with E-state index in [9.17, 15) is 9.50 Å². The average Bonchev–Trinajstić information content (AvgIpc) is 2.18. The molecular formula is C12H17ClFNO2. The van der Waals surface area contributed by atoms with E-state index < -0.39 is 5.82 Å². The zero-order valence-electron chi connectivity index (χ0n) is 9.65. The Hall–Kier alpha value is -1.00. The molecule has 17 heavy (non-hydrogen) atoms. The third kappa shape index (κ3) is 2.64. The molecule has 0 bridgehead atoms. The van der Waals surface area contributed by atoms with Crippen molar-refractivity contribution in [3.63, 3.8) is 0 Å². The molecule has 5 heteroatoms. The van der Waals surface area contributed by atoms with Crippen LogP contribution in [0, 0.1) is 11.7 Å². The molecule has 0 heterocycles. The lowest BCUT2D eigenvalue weighted by Gasteiger charge is -2.31. The standard InChI is InChI=1S/C12H16FNO2.ClH/c1-16-10-6-8(13)5-9(12(10)15)11(14)7-3-2-4-7;/h5-7,11,15H,2-4,14H2,1H3;1H/t11-;/m1./s1. The van der Waals surface area contributed by atoms with Crippen LogP contribution in [0.25, 0.3) is 0 Å². The minimum atomic E-state index is -0.431. The molecule has 1 aromatic rings. The number of phenols is 1. The Morgan fingerprint density at radius 2 is 2.12 bits per heavy atom. The number of benzene rings is 1. The topological polar surface area (TPSA) is 55.5 Å². The van der Waals surface area contributed by atoms with Gasteiger partial charge >= 0.3 is 0 Å². The predicted molar refractivity (Wildman–Crippen MR) is 66.1 cm³/mol. The second-order valence-corrected chi connectivity index (χ2v) is 4.26. The molecule has 0 radical (unpaired) electrons. The summed E-state index contributed by atoms with van der Waals surface area (Å²) in [6, 6.07) is 2.14. The van der Waals surface area contributed by atoms with Gasteiger partial charge in [-0.05, 0) is 24.8 Å². The number of halogens is 2. The maximum Gasteiger partial charge on any atom is 0.163 e. The van der Waals surface area contributed by atoms with Crippen LogP contribution in [-0.4, -0.2) is 12.2 Å². The van der Waals surface area contributed by atoms with Crippen LogP contribution in [0.2, 0.25) is 0 Å². The Labute approximate surface area is 106 Å².